The van der Waals surface area contributed by atoms with Gasteiger partial charge in [0.25, 0.3) is 0 Å². The Morgan fingerprint density at radius 1 is 1.21 bits per heavy atom. The average Bonchev–Trinajstić information content (AvgIpc) is 2.47. The third kappa shape index (κ3) is 4.60. The Morgan fingerprint density at radius 3 is 2.37 bits per heavy atom. The van der Waals surface area contributed by atoms with Crippen molar-refractivity contribution >= 4 is 0 Å². The van der Waals surface area contributed by atoms with Gasteiger partial charge in [-0.15, -0.1) is 0 Å². The molecule has 0 saturated heterocycles. The molecule has 0 spiro atoms. The van der Waals surface area contributed by atoms with Crippen molar-refractivity contribution in [1.82, 2.24) is 4.90 Å². The average molecular weight is 265 g/mol. The number of aliphatic hydroxyl groups is 1. The molecule has 0 aromatic heterocycles. The zero-order chi connectivity index (χ0) is 14.3. The molecular weight excluding hydrogens is 238 g/mol. The summed E-state index contributed by atoms with van der Waals surface area (Å²) < 4.78 is 5.18. The molecule has 0 amide bonds. The summed E-state index contributed by atoms with van der Waals surface area (Å²) in [4.78, 5) is 2.32. The standard InChI is InChI=1S/C16H27NO2/c1-5-13(2)17(11-12-19-4)14(3)16(18)15-9-7-6-8-10-15/h6-10,13-14,16,18H,5,11-12H2,1-4H3. The Morgan fingerprint density at radius 2 is 1.84 bits per heavy atom. The molecule has 1 rings (SSSR count). The number of methoxy groups -OCH3 is 1. The highest BCUT2D eigenvalue weighted by Crippen LogP contribution is 2.22. The molecular formula is C16H27NO2. The highest BCUT2D eigenvalue weighted by molar-refractivity contribution is 5.18. The number of rotatable bonds is 8. The normalized spacial score (nSPS) is 16.3. The van der Waals surface area contributed by atoms with Gasteiger partial charge in [0, 0.05) is 25.7 Å². The first-order valence-corrected chi connectivity index (χ1v) is 7.09. The van der Waals surface area contributed by atoms with Gasteiger partial charge in [0.1, 0.15) is 0 Å². The van der Waals surface area contributed by atoms with Crippen LogP contribution >= 0.6 is 0 Å². The lowest BCUT2D eigenvalue weighted by Crippen LogP contribution is -2.44. The summed E-state index contributed by atoms with van der Waals surface area (Å²) in [5.74, 6) is 0. The van der Waals surface area contributed by atoms with Gasteiger partial charge in [-0.05, 0) is 25.8 Å². The molecule has 0 aliphatic carbocycles. The van der Waals surface area contributed by atoms with Crippen LogP contribution in [0.4, 0.5) is 0 Å². The number of hydrogen-bond donors (Lipinski definition) is 1. The van der Waals surface area contributed by atoms with Crippen LogP contribution in [0.25, 0.3) is 0 Å². The van der Waals surface area contributed by atoms with E-state index in [0.717, 1.165) is 18.5 Å². The summed E-state index contributed by atoms with van der Waals surface area (Å²) in [7, 11) is 1.72. The third-order valence-electron chi connectivity index (χ3n) is 3.83. The second-order valence-electron chi connectivity index (χ2n) is 5.08. The van der Waals surface area contributed by atoms with Crippen LogP contribution in [-0.4, -0.2) is 42.4 Å². The SMILES string of the molecule is CCC(C)N(CCOC)C(C)C(O)c1ccccc1. The second-order valence-corrected chi connectivity index (χ2v) is 5.08. The Balaban J connectivity index is 2.77. The van der Waals surface area contributed by atoms with E-state index >= 15 is 0 Å². The van der Waals surface area contributed by atoms with E-state index in [1.54, 1.807) is 7.11 Å². The van der Waals surface area contributed by atoms with Crippen LogP contribution in [0.1, 0.15) is 38.9 Å². The van der Waals surface area contributed by atoms with Crippen molar-refractivity contribution < 1.29 is 9.84 Å². The van der Waals surface area contributed by atoms with Crippen LogP contribution < -0.4 is 0 Å². The molecule has 3 unspecified atom stereocenters. The molecule has 0 aliphatic rings. The minimum absolute atomic E-state index is 0.0764. The van der Waals surface area contributed by atoms with Gasteiger partial charge in [-0.1, -0.05) is 37.3 Å². The first-order valence-electron chi connectivity index (χ1n) is 7.09. The molecule has 0 saturated carbocycles. The summed E-state index contributed by atoms with van der Waals surface area (Å²) in [6, 6.07) is 10.4. The molecule has 0 heterocycles. The molecule has 0 bridgehead atoms. The van der Waals surface area contributed by atoms with Crippen molar-refractivity contribution in [3.05, 3.63) is 35.9 Å². The number of ether oxygens (including phenoxy) is 1. The molecule has 1 aromatic carbocycles. The van der Waals surface area contributed by atoms with E-state index < -0.39 is 6.10 Å². The van der Waals surface area contributed by atoms with Crippen molar-refractivity contribution in [3.63, 3.8) is 0 Å². The summed E-state index contributed by atoms with van der Waals surface area (Å²) in [6.07, 6.45) is 0.599. The minimum Gasteiger partial charge on any atom is -0.387 e. The maximum absolute atomic E-state index is 10.5. The topological polar surface area (TPSA) is 32.7 Å². The van der Waals surface area contributed by atoms with Gasteiger partial charge in [0.2, 0.25) is 0 Å². The molecule has 1 N–H and O–H groups in total. The van der Waals surface area contributed by atoms with E-state index in [1.807, 2.05) is 30.3 Å². The van der Waals surface area contributed by atoms with Gasteiger partial charge >= 0.3 is 0 Å². The number of benzene rings is 1. The molecule has 19 heavy (non-hydrogen) atoms. The predicted octanol–water partition coefficient (Wildman–Crippen LogP) is 2.86. The van der Waals surface area contributed by atoms with Crippen LogP contribution in [0.15, 0.2) is 30.3 Å². The Bertz CT molecular complexity index is 342. The van der Waals surface area contributed by atoms with Crippen LogP contribution in [0, 0.1) is 0 Å². The first-order chi connectivity index (χ1) is 9.11. The zero-order valence-corrected chi connectivity index (χ0v) is 12.5. The van der Waals surface area contributed by atoms with E-state index in [9.17, 15) is 5.11 Å². The van der Waals surface area contributed by atoms with Crippen molar-refractivity contribution in [2.45, 2.75) is 45.4 Å². The molecule has 0 radical (unpaired) electrons. The fourth-order valence-corrected chi connectivity index (χ4v) is 2.37. The van der Waals surface area contributed by atoms with Gasteiger partial charge in [0.05, 0.1) is 12.7 Å². The molecule has 108 valence electrons. The van der Waals surface area contributed by atoms with E-state index in [2.05, 4.69) is 25.7 Å². The van der Waals surface area contributed by atoms with Gasteiger partial charge in [-0.3, -0.25) is 4.90 Å². The highest BCUT2D eigenvalue weighted by Gasteiger charge is 2.25. The van der Waals surface area contributed by atoms with Crippen LogP contribution in [0.2, 0.25) is 0 Å². The lowest BCUT2D eigenvalue weighted by molar-refractivity contribution is 0.0195. The quantitative estimate of drug-likeness (QED) is 0.784. The summed E-state index contributed by atoms with van der Waals surface area (Å²) in [5.41, 5.74) is 0.973. The predicted molar refractivity (Wildman–Crippen MR) is 79.2 cm³/mol. The van der Waals surface area contributed by atoms with E-state index in [1.165, 1.54) is 0 Å². The highest BCUT2D eigenvalue weighted by atomic mass is 16.5. The summed E-state index contributed by atoms with van der Waals surface area (Å²) in [5, 5.41) is 10.5. The Labute approximate surface area is 117 Å². The number of hydrogen-bond acceptors (Lipinski definition) is 3. The van der Waals surface area contributed by atoms with Crippen LogP contribution in [0.3, 0.4) is 0 Å². The number of nitrogens with zero attached hydrogens (tertiary/aromatic N) is 1. The molecule has 3 atom stereocenters. The Kier molecular flexibility index (Phi) is 7.06. The third-order valence-corrected chi connectivity index (χ3v) is 3.83. The van der Waals surface area contributed by atoms with Crippen LogP contribution in [0.5, 0.6) is 0 Å². The number of aliphatic hydroxyl groups excluding tert-OH is 1. The van der Waals surface area contributed by atoms with E-state index in [-0.39, 0.29) is 6.04 Å². The second kappa shape index (κ2) is 8.31. The molecule has 1 aromatic rings. The maximum atomic E-state index is 10.5. The molecule has 0 fully saturated rings. The van der Waals surface area contributed by atoms with Crippen LogP contribution in [-0.2, 0) is 4.74 Å². The smallest absolute Gasteiger partial charge is 0.0942 e. The molecule has 3 heteroatoms. The van der Waals surface area contributed by atoms with Gasteiger partial charge in [-0.25, -0.2) is 0 Å². The van der Waals surface area contributed by atoms with E-state index in [4.69, 9.17) is 4.74 Å². The first kappa shape index (κ1) is 16.2. The monoisotopic (exact) mass is 265 g/mol. The van der Waals surface area contributed by atoms with Gasteiger partial charge in [0.15, 0.2) is 0 Å². The lowest BCUT2D eigenvalue weighted by atomic mass is 10.0. The Hall–Kier alpha value is -0.900. The van der Waals surface area contributed by atoms with Crippen molar-refractivity contribution in [3.8, 4) is 0 Å². The minimum atomic E-state index is -0.466. The molecule has 3 nitrogen and oxygen atoms in total. The fraction of sp³-hybridized carbons (Fsp3) is 0.625. The van der Waals surface area contributed by atoms with Gasteiger partial charge < -0.3 is 9.84 Å². The summed E-state index contributed by atoms with van der Waals surface area (Å²) >= 11 is 0. The zero-order valence-electron chi connectivity index (χ0n) is 12.5. The molecule has 0 aliphatic heterocycles. The lowest BCUT2D eigenvalue weighted by Gasteiger charge is -2.36. The van der Waals surface area contributed by atoms with E-state index in [0.29, 0.717) is 12.6 Å². The summed E-state index contributed by atoms with van der Waals surface area (Å²) in [6.45, 7) is 7.99. The fourth-order valence-electron chi connectivity index (χ4n) is 2.37. The van der Waals surface area contributed by atoms with Crippen molar-refractivity contribution in [1.29, 1.82) is 0 Å². The van der Waals surface area contributed by atoms with Gasteiger partial charge in [-0.2, -0.15) is 0 Å². The van der Waals surface area contributed by atoms with Crippen molar-refractivity contribution in [2.24, 2.45) is 0 Å². The largest absolute Gasteiger partial charge is 0.387 e. The van der Waals surface area contributed by atoms with Crippen molar-refractivity contribution in [2.75, 3.05) is 20.3 Å². The maximum Gasteiger partial charge on any atom is 0.0942 e.